The average Bonchev–Trinajstić information content (AvgIpc) is 1.85. The summed E-state index contributed by atoms with van der Waals surface area (Å²) in [5.41, 5.74) is 5.27. The Kier molecular flexibility index (Phi) is 5.46. The molecule has 0 amide bonds. The number of rotatable bonds is 5. The van der Waals surface area contributed by atoms with Crippen LogP contribution in [-0.2, 0) is 4.74 Å². The number of hydrogen-bond acceptors (Lipinski definition) is 3. The van der Waals surface area contributed by atoms with E-state index in [4.69, 9.17) is 10.5 Å². The van der Waals surface area contributed by atoms with Gasteiger partial charge in [-0.3, -0.25) is 0 Å². The van der Waals surface area contributed by atoms with E-state index in [2.05, 4.69) is 26.1 Å². The van der Waals surface area contributed by atoms with Gasteiger partial charge in [-0.1, -0.05) is 0 Å². The van der Waals surface area contributed by atoms with E-state index in [1.54, 1.807) is 0 Å². The molecule has 0 aliphatic heterocycles. The third kappa shape index (κ3) is 9.88. The van der Waals surface area contributed by atoms with E-state index in [1.165, 1.54) is 0 Å². The van der Waals surface area contributed by atoms with Gasteiger partial charge in [-0.05, 0) is 20.8 Å². The van der Waals surface area contributed by atoms with Crippen molar-refractivity contribution in [2.75, 3.05) is 26.2 Å². The van der Waals surface area contributed by atoms with Crippen LogP contribution in [0.3, 0.4) is 0 Å². The Labute approximate surface area is 69.3 Å². The Balaban J connectivity index is 3.02. The molecular formula is C8H20N2O. The maximum absolute atomic E-state index is 5.47. The van der Waals surface area contributed by atoms with Crippen molar-refractivity contribution in [3.63, 3.8) is 0 Å². The van der Waals surface area contributed by atoms with Gasteiger partial charge in [-0.2, -0.15) is 0 Å². The second-order valence-electron chi connectivity index (χ2n) is 3.50. The van der Waals surface area contributed by atoms with E-state index in [-0.39, 0.29) is 5.60 Å². The lowest BCUT2D eigenvalue weighted by molar-refractivity contribution is -0.000665. The van der Waals surface area contributed by atoms with Gasteiger partial charge in [0.25, 0.3) is 0 Å². The minimum Gasteiger partial charge on any atom is -0.375 e. The van der Waals surface area contributed by atoms with Gasteiger partial charge in [0.1, 0.15) is 0 Å². The Bertz CT molecular complexity index is 88.6. The first-order valence-electron chi connectivity index (χ1n) is 4.11. The van der Waals surface area contributed by atoms with Crippen LogP contribution in [0.1, 0.15) is 20.8 Å². The van der Waals surface area contributed by atoms with Crippen molar-refractivity contribution in [2.24, 2.45) is 5.73 Å². The largest absolute Gasteiger partial charge is 0.375 e. The van der Waals surface area contributed by atoms with Crippen LogP contribution in [0, 0.1) is 0 Å². The molecular weight excluding hydrogens is 140 g/mol. The van der Waals surface area contributed by atoms with E-state index in [9.17, 15) is 0 Å². The zero-order valence-corrected chi connectivity index (χ0v) is 7.81. The fourth-order valence-corrected chi connectivity index (χ4v) is 0.656. The van der Waals surface area contributed by atoms with Crippen molar-refractivity contribution in [3.8, 4) is 0 Å². The molecule has 0 unspecified atom stereocenters. The molecule has 0 saturated carbocycles. The van der Waals surface area contributed by atoms with E-state index in [1.807, 2.05) is 0 Å². The molecule has 11 heavy (non-hydrogen) atoms. The first kappa shape index (κ1) is 10.9. The maximum atomic E-state index is 5.47. The highest BCUT2D eigenvalue weighted by Crippen LogP contribution is 2.04. The normalized spacial score (nSPS) is 12.0. The van der Waals surface area contributed by atoms with Gasteiger partial charge >= 0.3 is 0 Å². The summed E-state index contributed by atoms with van der Waals surface area (Å²) in [6, 6.07) is 0. The quantitative estimate of drug-likeness (QED) is 0.570. The minimum atomic E-state index is -0.0234. The lowest BCUT2D eigenvalue weighted by atomic mass is 10.2. The highest BCUT2D eigenvalue weighted by Gasteiger charge is 2.08. The molecule has 0 bridgehead atoms. The van der Waals surface area contributed by atoms with Crippen molar-refractivity contribution in [1.29, 1.82) is 0 Å². The molecule has 68 valence electrons. The molecule has 0 aromatic rings. The van der Waals surface area contributed by atoms with Crippen molar-refractivity contribution in [1.82, 2.24) is 5.32 Å². The lowest BCUT2D eigenvalue weighted by Gasteiger charge is -2.19. The van der Waals surface area contributed by atoms with Crippen LogP contribution < -0.4 is 11.1 Å². The van der Waals surface area contributed by atoms with E-state index in [0.29, 0.717) is 6.54 Å². The highest BCUT2D eigenvalue weighted by molar-refractivity contribution is 4.59. The summed E-state index contributed by atoms with van der Waals surface area (Å²) >= 11 is 0. The second kappa shape index (κ2) is 5.52. The molecule has 0 saturated heterocycles. The van der Waals surface area contributed by atoms with Crippen LogP contribution in [0.15, 0.2) is 0 Å². The number of nitrogens with two attached hydrogens (primary N) is 1. The van der Waals surface area contributed by atoms with Crippen LogP contribution >= 0.6 is 0 Å². The number of hydrogen-bond donors (Lipinski definition) is 2. The molecule has 0 radical (unpaired) electrons. The monoisotopic (exact) mass is 160 g/mol. The molecule has 3 nitrogen and oxygen atoms in total. The van der Waals surface area contributed by atoms with Crippen LogP contribution in [0.5, 0.6) is 0 Å². The minimum absolute atomic E-state index is 0.0234. The van der Waals surface area contributed by atoms with Gasteiger partial charge in [-0.15, -0.1) is 0 Å². The van der Waals surface area contributed by atoms with Gasteiger partial charge in [0.2, 0.25) is 0 Å². The first-order valence-corrected chi connectivity index (χ1v) is 4.11. The van der Waals surface area contributed by atoms with E-state index in [0.717, 1.165) is 19.7 Å². The van der Waals surface area contributed by atoms with E-state index >= 15 is 0 Å². The molecule has 0 heterocycles. The standard InChI is InChI=1S/C8H20N2O/c1-8(2,3)11-7-6-10-5-4-9/h10H,4-7,9H2,1-3H3. The first-order chi connectivity index (χ1) is 5.06. The van der Waals surface area contributed by atoms with Crippen LogP contribution in [0.25, 0.3) is 0 Å². The summed E-state index contributed by atoms with van der Waals surface area (Å²) in [4.78, 5) is 0. The van der Waals surface area contributed by atoms with Crippen LogP contribution in [-0.4, -0.2) is 31.8 Å². The van der Waals surface area contributed by atoms with Crippen molar-refractivity contribution >= 4 is 0 Å². The van der Waals surface area contributed by atoms with Gasteiger partial charge in [0, 0.05) is 19.6 Å². The fourth-order valence-electron chi connectivity index (χ4n) is 0.656. The smallest absolute Gasteiger partial charge is 0.0599 e. The van der Waals surface area contributed by atoms with E-state index < -0.39 is 0 Å². The van der Waals surface area contributed by atoms with Crippen LogP contribution in [0.2, 0.25) is 0 Å². The molecule has 3 heteroatoms. The third-order valence-electron chi connectivity index (χ3n) is 1.14. The third-order valence-corrected chi connectivity index (χ3v) is 1.14. The molecule has 0 aromatic heterocycles. The molecule has 0 spiro atoms. The van der Waals surface area contributed by atoms with Gasteiger partial charge < -0.3 is 15.8 Å². The summed E-state index contributed by atoms with van der Waals surface area (Å²) in [5, 5.41) is 3.16. The highest BCUT2D eigenvalue weighted by atomic mass is 16.5. The Morgan fingerprint density at radius 3 is 2.36 bits per heavy atom. The average molecular weight is 160 g/mol. The summed E-state index contributed by atoms with van der Waals surface area (Å²) < 4.78 is 5.47. The summed E-state index contributed by atoms with van der Waals surface area (Å²) in [5.74, 6) is 0. The molecule has 0 aliphatic rings. The van der Waals surface area contributed by atoms with Gasteiger partial charge in [0.15, 0.2) is 0 Å². The van der Waals surface area contributed by atoms with Gasteiger partial charge in [0.05, 0.1) is 12.2 Å². The Hall–Kier alpha value is -0.120. The fraction of sp³-hybridized carbons (Fsp3) is 1.00. The topological polar surface area (TPSA) is 47.3 Å². The predicted molar refractivity (Wildman–Crippen MR) is 47.6 cm³/mol. The van der Waals surface area contributed by atoms with Gasteiger partial charge in [-0.25, -0.2) is 0 Å². The van der Waals surface area contributed by atoms with Crippen molar-refractivity contribution < 1.29 is 4.74 Å². The molecule has 3 N–H and O–H groups in total. The zero-order valence-electron chi connectivity index (χ0n) is 7.81. The number of nitrogens with one attached hydrogen (secondary N) is 1. The summed E-state index contributed by atoms with van der Waals surface area (Å²) in [6.45, 7) is 9.35. The predicted octanol–water partition coefficient (Wildman–Crippen LogP) is 0.350. The summed E-state index contributed by atoms with van der Waals surface area (Å²) in [6.07, 6.45) is 0. The molecule has 0 atom stereocenters. The maximum Gasteiger partial charge on any atom is 0.0599 e. The van der Waals surface area contributed by atoms with Crippen molar-refractivity contribution in [2.45, 2.75) is 26.4 Å². The molecule has 0 fully saturated rings. The Morgan fingerprint density at radius 1 is 1.27 bits per heavy atom. The number of ether oxygens (including phenoxy) is 1. The SMILES string of the molecule is CC(C)(C)OCCNCCN. The van der Waals surface area contributed by atoms with Crippen molar-refractivity contribution in [3.05, 3.63) is 0 Å². The molecule has 0 rings (SSSR count). The molecule has 0 aromatic carbocycles. The lowest BCUT2D eigenvalue weighted by Crippen LogP contribution is -2.29. The summed E-state index contributed by atoms with van der Waals surface area (Å²) in [7, 11) is 0. The Morgan fingerprint density at radius 2 is 1.91 bits per heavy atom. The van der Waals surface area contributed by atoms with Crippen LogP contribution in [0.4, 0.5) is 0 Å². The zero-order chi connectivity index (χ0) is 8.74. The second-order valence-corrected chi connectivity index (χ2v) is 3.50. The molecule has 0 aliphatic carbocycles.